The predicted molar refractivity (Wildman–Crippen MR) is 80.8 cm³/mol. The molecule has 0 aliphatic carbocycles. The molecule has 0 aromatic heterocycles. The predicted octanol–water partition coefficient (Wildman–Crippen LogP) is 1.62. The van der Waals surface area contributed by atoms with Gasteiger partial charge in [0.1, 0.15) is 5.56 Å². The van der Waals surface area contributed by atoms with Gasteiger partial charge in [0.2, 0.25) is 0 Å². The summed E-state index contributed by atoms with van der Waals surface area (Å²) in [5.41, 5.74) is 0.678. The van der Waals surface area contributed by atoms with Crippen LogP contribution in [-0.4, -0.2) is 41.9 Å². The van der Waals surface area contributed by atoms with Gasteiger partial charge in [0.15, 0.2) is 0 Å². The van der Waals surface area contributed by atoms with Crippen molar-refractivity contribution >= 4 is 24.0 Å². The Bertz CT molecular complexity index is 567. The molecule has 3 rings (SSSR count). The molecule has 6 nitrogen and oxygen atoms in total. The molecular formula is C14H18ClN3O3. The lowest BCUT2D eigenvalue weighted by molar-refractivity contribution is -0.385. The number of hydrogen-bond acceptors (Lipinski definition) is 4. The van der Waals surface area contributed by atoms with Crippen molar-refractivity contribution in [2.24, 2.45) is 11.8 Å². The molecule has 2 fully saturated rings. The highest BCUT2D eigenvalue weighted by Crippen LogP contribution is 2.30. The van der Waals surface area contributed by atoms with Crippen molar-refractivity contribution in [3.05, 3.63) is 39.4 Å². The van der Waals surface area contributed by atoms with E-state index in [1.165, 1.54) is 0 Å². The van der Waals surface area contributed by atoms with Crippen LogP contribution in [0.5, 0.6) is 0 Å². The Balaban J connectivity index is 0.00000161. The van der Waals surface area contributed by atoms with Gasteiger partial charge in [0.25, 0.3) is 11.6 Å². The van der Waals surface area contributed by atoms with E-state index in [-0.39, 0.29) is 29.6 Å². The van der Waals surface area contributed by atoms with E-state index in [0.29, 0.717) is 30.5 Å². The second-order valence-electron chi connectivity index (χ2n) is 5.62. The Hall–Kier alpha value is -1.66. The summed E-state index contributed by atoms with van der Waals surface area (Å²) >= 11 is 0. The standard InChI is InChI=1S/C14H17N3O3.ClH/c1-9-3-2-4-12(13(9)17(19)20)14(18)16-7-10-5-15-6-11(10)8-16;/h2-4,10-11,15H,5-8H2,1H3;1H/t10-,11+;. The summed E-state index contributed by atoms with van der Waals surface area (Å²) in [7, 11) is 0. The van der Waals surface area contributed by atoms with E-state index in [4.69, 9.17) is 0 Å². The molecule has 21 heavy (non-hydrogen) atoms. The zero-order chi connectivity index (χ0) is 14.3. The molecule has 1 aromatic carbocycles. The quantitative estimate of drug-likeness (QED) is 0.665. The number of carbonyl (C=O) groups excluding carboxylic acids is 1. The fourth-order valence-corrected chi connectivity index (χ4v) is 3.27. The van der Waals surface area contributed by atoms with Crippen LogP contribution < -0.4 is 5.32 Å². The summed E-state index contributed by atoms with van der Waals surface area (Å²) in [5.74, 6) is 0.764. The highest BCUT2D eigenvalue weighted by Gasteiger charge is 2.39. The molecular weight excluding hydrogens is 294 g/mol. The van der Waals surface area contributed by atoms with Crippen molar-refractivity contribution in [3.8, 4) is 0 Å². The number of nitro benzene ring substituents is 1. The van der Waals surface area contributed by atoms with Gasteiger partial charge in [-0.2, -0.15) is 0 Å². The lowest BCUT2D eigenvalue weighted by Gasteiger charge is -2.17. The molecule has 1 N–H and O–H groups in total. The Labute approximate surface area is 129 Å². The number of hydrogen-bond donors (Lipinski definition) is 1. The number of para-hydroxylation sites is 1. The molecule has 114 valence electrons. The summed E-state index contributed by atoms with van der Waals surface area (Å²) in [6.45, 7) is 4.93. The summed E-state index contributed by atoms with van der Waals surface area (Å²) in [6.07, 6.45) is 0. The number of nitro groups is 1. The average Bonchev–Trinajstić information content (AvgIpc) is 2.97. The van der Waals surface area contributed by atoms with Crippen LogP contribution in [0.3, 0.4) is 0 Å². The van der Waals surface area contributed by atoms with Crippen molar-refractivity contribution in [2.75, 3.05) is 26.2 Å². The number of benzene rings is 1. The minimum atomic E-state index is -0.457. The fourth-order valence-electron chi connectivity index (χ4n) is 3.27. The van der Waals surface area contributed by atoms with Gasteiger partial charge in [0.05, 0.1) is 4.92 Å². The second kappa shape index (κ2) is 5.99. The molecule has 1 aromatic rings. The summed E-state index contributed by atoms with van der Waals surface area (Å²) in [4.78, 5) is 25.0. The maximum absolute atomic E-state index is 12.6. The minimum absolute atomic E-state index is 0. The van der Waals surface area contributed by atoms with Gasteiger partial charge in [-0.25, -0.2) is 0 Å². The molecule has 2 aliphatic rings. The number of halogens is 1. The first kappa shape index (κ1) is 15.7. The van der Waals surface area contributed by atoms with Crippen LogP contribution in [0.4, 0.5) is 5.69 Å². The zero-order valence-electron chi connectivity index (χ0n) is 11.7. The highest BCUT2D eigenvalue weighted by atomic mass is 35.5. The molecule has 1 amide bonds. The van der Waals surface area contributed by atoms with E-state index in [0.717, 1.165) is 13.1 Å². The average molecular weight is 312 g/mol. The molecule has 0 radical (unpaired) electrons. The molecule has 0 saturated carbocycles. The van der Waals surface area contributed by atoms with Gasteiger partial charge < -0.3 is 10.2 Å². The van der Waals surface area contributed by atoms with Gasteiger partial charge in [-0.3, -0.25) is 14.9 Å². The summed E-state index contributed by atoms with van der Waals surface area (Å²) in [6, 6.07) is 4.92. The van der Waals surface area contributed by atoms with E-state index in [2.05, 4.69) is 5.32 Å². The van der Waals surface area contributed by atoms with Crippen molar-refractivity contribution < 1.29 is 9.72 Å². The van der Waals surface area contributed by atoms with Crippen LogP contribution in [0, 0.1) is 28.9 Å². The third kappa shape index (κ3) is 2.73. The van der Waals surface area contributed by atoms with E-state index < -0.39 is 4.92 Å². The van der Waals surface area contributed by atoms with Gasteiger partial charge in [-0.1, -0.05) is 12.1 Å². The summed E-state index contributed by atoms with van der Waals surface area (Å²) in [5, 5.41) is 14.5. The lowest BCUT2D eigenvalue weighted by atomic mass is 10.0. The van der Waals surface area contributed by atoms with E-state index in [1.807, 2.05) is 0 Å². The maximum Gasteiger partial charge on any atom is 0.285 e. The molecule has 2 heterocycles. The number of amides is 1. The normalized spacial score (nSPS) is 23.6. The number of likely N-dealkylation sites (tertiary alicyclic amines) is 1. The van der Waals surface area contributed by atoms with Gasteiger partial charge >= 0.3 is 0 Å². The SMILES string of the molecule is Cc1cccc(C(=O)N2C[C@H]3CNC[C@H]3C2)c1[N+](=O)[O-].Cl. The van der Waals surface area contributed by atoms with Crippen LogP contribution in [-0.2, 0) is 0 Å². The summed E-state index contributed by atoms with van der Waals surface area (Å²) < 4.78 is 0. The van der Waals surface area contributed by atoms with Crippen molar-refractivity contribution in [3.63, 3.8) is 0 Å². The van der Waals surface area contributed by atoms with E-state index in [1.54, 1.807) is 30.0 Å². The smallest absolute Gasteiger partial charge is 0.285 e. The molecule has 2 aliphatic heterocycles. The number of carbonyl (C=O) groups is 1. The number of nitrogens with one attached hydrogen (secondary N) is 1. The van der Waals surface area contributed by atoms with E-state index >= 15 is 0 Å². The first-order valence-electron chi connectivity index (χ1n) is 6.82. The second-order valence-corrected chi connectivity index (χ2v) is 5.62. The van der Waals surface area contributed by atoms with Crippen LogP contribution in [0.2, 0.25) is 0 Å². The van der Waals surface area contributed by atoms with Crippen LogP contribution in [0.15, 0.2) is 18.2 Å². The van der Waals surface area contributed by atoms with Crippen LogP contribution in [0.1, 0.15) is 15.9 Å². The topological polar surface area (TPSA) is 75.5 Å². The Morgan fingerprint density at radius 3 is 2.52 bits per heavy atom. The molecule has 0 unspecified atom stereocenters. The van der Waals surface area contributed by atoms with Gasteiger partial charge in [-0.05, 0) is 24.8 Å². The maximum atomic E-state index is 12.6. The lowest BCUT2D eigenvalue weighted by Crippen LogP contribution is -2.32. The van der Waals surface area contributed by atoms with Crippen molar-refractivity contribution in [1.82, 2.24) is 10.2 Å². The largest absolute Gasteiger partial charge is 0.338 e. The third-order valence-corrected chi connectivity index (χ3v) is 4.33. The minimum Gasteiger partial charge on any atom is -0.338 e. The highest BCUT2D eigenvalue weighted by molar-refractivity contribution is 5.98. The van der Waals surface area contributed by atoms with Crippen molar-refractivity contribution in [2.45, 2.75) is 6.92 Å². The number of aryl methyl sites for hydroxylation is 1. The molecule has 7 heteroatoms. The number of fused-ring (bicyclic) bond motifs is 1. The zero-order valence-corrected chi connectivity index (χ0v) is 12.6. The van der Waals surface area contributed by atoms with Gasteiger partial charge in [0, 0.05) is 31.7 Å². The van der Waals surface area contributed by atoms with Crippen molar-refractivity contribution in [1.29, 1.82) is 0 Å². The van der Waals surface area contributed by atoms with E-state index in [9.17, 15) is 14.9 Å². The third-order valence-electron chi connectivity index (χ3n) is 4.33. The fraction of sp³-hybridized carbons (Fsp3) is 0.500. The van der Waals surface area contributed by atoms with Crippen LogP contribution >= 0.6 is 12.4 Å². The Kier molecular flexibility index (Phi) is 4.49. The Morgan fingerprint density at radius 2 is 1.95 bits per heavy atom. The Morgan fingerprint density at radius 1 is 1.33 bits per heavy atom. The molecule has 2 atom stereocenters. The monoisotopic (exact) mass is 311 g/mol. The first-order chi connectivity index (χ1) is 9.58. The first-order valence-corrected chi connectivity index (χ1v) is 6.82. The molecule has 0 bridgehead atoms. The van der Waals surface area contributed by atoms with Gasteiger partial charge in [-0.15, -0.1) is 12.4 Å². The van der Waals surface area contributed by atoms with Crippen LogP contribution in [0.25, 0.3) is 0 Å². The number of nitrogens with zero attached hydrogens (tertiary/aromatic N) is 2. The molecule has 0 spiro atoms. The number of rotatable bonds is 2. The molecule has 2 saturated heterocycles.